The van der Waals surface area contributed by atoms with E-state index in [4.69, 9.17) is 28.0 Å². The van der Waals surface area contributed by atoms with E-state index < -0.39 is 11.8 Å². The van der Waals surface area contributed by atoms with Crippen molar-refractivity contribution in [3.8, 4) is 0 Å². The van der Waals surface area contributed by atoms with E-state index in [1.807, 2.05) is 0 Å². The lowest BCUT2D eigenvalue weighted by Gasteiger charge is -2.28. The minimum absolute atomic E-state index is 0.0914. The van der Waals surface area contributed by atoms with Crippen LogP contribution in [0.15, 0.2) is 48.5 Å². The molecule has 2 N–H and O–H groups in total. The van der Waals surface area contributed by atoms with Crippen molar-refractivity contribution in [3.05, 3.63) is 69.7 Å². The summed E-state index contributed by atoms with van der Waals surface area (Å²) < 4.78 is 41.7. The van der Waals surface area contributed by atoms with Gasteiger partial charge in [-0.3, -0.25) is 10.3 Å². The van der Waals surface area contributed by atoms with Gasteiger partial charge in [-0.1, -0.05) is 35.3 Å². The second-order valence-corrected chi connectivity index (χ2v) is 6.36. The third-order valence-corrected chi connectivity index (χ3v) is 4.28. The van der Waals surface area contributed by atoms with E-state index in [2.05, 4.69) is 10.8 Å². The lowest BCUT2D eigenvalue weighted by atomic mass is 9.91. The number of halogens is 5. The number of hydroxylamine groups is 1. The number of rotatable bonds is 3. The van der Waals surface area contributed by atoms with E-state index >= 15 is 0 Å². The molecule has 0 amide bonds. The molecule has 3 nitrogen and oxygen atoms in total. The number of alkyl halides is 3. The van der Waals surface area contributed by atoms with Gasteiger partial charge in [0.1, 0.15) is 0 Å². The van der Waals surface area contributed by atoms with Gasteiger partial charge >= 0.3 is 6.18 Å². The molecule has 2 aromatic carbocycles. The fourth-order valence-corrected chi connectivity index (χ4v) is 3.12. The molecule has 25 heavy (non-hydrogen) atoms. The fourth-order valence-electron chi connectivity index (χ4n) is 2.60. The first kappa shape index (κ1) is 17.9. The Morgan fingerprint density at radius 3 is 2.36 bits per heavy atom. The minimum atomic E-state index is -4.73. The molecule has 1 atom stereocenters. The second-order valence-electron chi connectivity index (χ2n) is 5.48. The predicted octanol–water partition coefficient (Wildman–Crippen LogP) is 5.37. The SMILES string of the molecule is CNc1cccc(C2=CC(c3cc(Cl)cc(Cl)c3)(C(F)(F)F)ON2)c1. The average molecular weight is 389 g/mol. The molecular formula is C17H13Cl2F3N2O. The van der Waals surface area contributed by atoms with Gasteiger partial charge in [0.2, 0.25) is 5.60 Å². The zero-order chi connectivity index (χ0) is 18.2. The molecule has 0 spiro atoms. The second kappa shape index (κ2) is 6.44. The van der Waals surface area contributed by atoms with Crippen molar-refractivity contribution >= 4 is 34.6 Å². The van der Waals surface area contributed by atoms with Crippen LogP contribution in [-0.2, 0) is 10.4 Å². The normalized spacial score (nSPS) is 20.2. The maximum Gasteiger partial charge on any atom is 0.428 e. The van der Waals surface area contributed by atoms with Crippen LogP contribution in [0.1, 0.15) is 11.1 Å². The zero-order valence-electron chi connectivity index (χ0n) is 12.9. The van der Waals surface area contributed by atoms with Crippen LogP contribution in [0.5, 0.6) is 0 Å². The van der Waals surface area contributed by atoms with Crippen molar-refractivity contribution in [2.24, 2.45) is 0 Å². The maximum absolute atomic E-state index is 13.9. The van der Waals surface area contributed by atoms with E-state index in [1.165, 1.54) is 18.2 Å². The zero-order valence-corrected chi connectivity index (χ0v) is 14.4. The molecule has 0 aliphatic carbocycles. The summed E-state index contributed by atoms with van der Waals surface area (Å²) in [4.78, 5) is 5.04. The largest absolute Gasteiger partial charge is 0.428 e. The van der Waals surface area contributed by atoms with E-state index in [-0.39, 0.29) is 21.3 Å². The highest BCUT2D eigenvalue weighted by molar-refractivity contribution is 6.34. The Morgan fingerprint density at radius 2 is 1.76 bits per heavy atom. The van der Waals surface area contributed by atoms with Crippen LogP contribution in [0.25, 0.3) is 5.70 Å². The van der Waals surface area contributed by atoms with Gasteiger partial charge in [-0.25, -0.2) is 0 Å². The Kier molecular flexibility index (Phi) is 4.62. The summed E-state index contributed by atoms with van der Waals surface area (Å²) in [6.07, 6.45) is -3.74. The Bertz CT molecular complexity index is 819. The highest BCUT2D eigenvalue weighted by Crippen LogP contribution is 2.48. The molecule has 0 aromatic heterocycles. The summed E-state index contributed by atoms with van der Waals surface area (Å²) >= 11 is 11.8. The highest BCUT2D eigenvalue weighted by Gasteiger charge is 2.59. The van der Waals surface area contributed by atoms with E-state index in [0.717, 1.165) is 11.8 Å². The molecule has 1 unspecified atom stereocenters. The van der Waals surface area contributed by atoms with Gasteiger partial charge in [-0.2, -0.15) is 13.2 Å². The first-order valence-corrected chi connectivity index (χ1v) is 7.99. The Labute approximate surface area is 152 Å². The lowest BCUT2D eigenvalue weighted by Crippen LogP contribution is -2.42. The molecule has 0 bridgehead atoms. The molecule has 8 heteroatoms. The van der Waals surface area contributed by atoms with Crippen molar-refractivity contribution in [1.29, 1.82) is 0 Å². The van der Waals surface area contributed by atoms with Gasteiger partial charge in [-0.05, 0) is 36.4 Å². The molecule has 1 aliphatic heterocycles. The summed E-state index contributed by atoms with van der Waals surface area (Å²) in [6.45, 7) is 0. The van der Waals surface area contributed by atoms with Gasteiger partial charge in [0.15, 0.2) is 0 Å². The molecule has 0 saturated carbocycles. The molecule has 1 aliphatic rings. The van der Waals surface area contributed by atoms with Gasteiger partial charge in [0.05, 0.1) is 5.70 Å². The molecule has 0 saturated heterocycles. The smallest absolute Gasteiger partial charge is 0.388 e. The van der Waals surface area contributed by atoms with E-state index in [0.29, 0.717) is 5.56 Å². The van der Waals surface area contributed by atoms with Crippen molar-refractivity contribution in [2.75, 3.05) is 12.4 Å². The first-order chi connectivity index (χ1) is 11.7. The Morgan fingerprint density at radius 1 is 1.08 bits per heavy atom. The number of anilines is 1. The number of benzene rings is 2. The van der Waals surface area contributed by atoms with Gasteiger partial charge in [0.25, 0.3) is 0 Å². The number of nitrogens with one attached hydrogen (secondary N) is 2. The maximum atomic E-state index is 13.9. The van der Waals surface area contributed by atoms with Crippen molar-refractivity contribution in [3.63, 3.8) is 0 Å². The third-order valence-electron chi connectivity index (χ3n) is 3.84. The standard InChI is InChI=1S/C17H13Cl2F3N2O/c1-23-14-4-2-3-10(5-14)15-9-16(25-24-15,17(20,21)22)11-6-12(18)8-13(19)7-11/h2-9,23-24H,1H3. The monoisotopic (exact) mass is 388 g/mol. The third kappa shape index (κ3) is 3.29. The van der Waals surface area contributed by atoms with E-state index in [9.17, 15) is 13.2 Å². The molecule has 0 radical (unpaired) electrons. The van der Waals surface area contributed by atoms with Crippen molar-refractivity contribution in [2.45, 2.75) is 11.8 Å². The number of hydrogen-bond donors (Lipinski definition) is 2. The Hall–Kier alpha value is -1.89. The average Bonchev–Trinajstić information content (AvgIpc) is 3.00. The van der Waals surface area contributed by atoms with Crippen LogP contribution in [0.2, 0.25) is 10.0 Å². The quantitative estimate of drug-likeness (QED) is 0.741. The molecule has 1 heterocycles. The molecule has 2 aromatic rings. The number of hydrogen-bond acceptors (Lipinski definition) is 3. The molecule has 3 rings (SSSR count). The molecule has 132 valence electrons. The summed E-state index contributed by atoms with van der Waals surface area (Å²) in [5, 5.41) is 3.12. The first-order valence-electron chi connectivity index (χ1n) is 7.23. The summed E-state index contributed by atoms with van der Waals surface area (Å²) in [6, 6.07) is 10.7. The summed E-state index contributed by atoms with van der Waals surface area (Å²) in [5.41, 5.74) is 1.00. The van der Waals surface area contributed by atoms with Crippen LogP contribution in [0, 0.1) is 0 Å². The van der Waals surface area contributed by atoms with Gasteiger partial charge < -0.3 is 5.32 Å². The van der Waals surface area contributed by atoms with Crippen LogP contribution in [0.4, 0.5) is 18.9 Å². The Balaban J connectivity index is 2.13. The predicted molar refractivity (Wildman–Crippen MR) is 92.4 cm³/mol. The van der Waals surface area contributed by atoms with Gasteiger partial charge in [0, 0.05) is 33.9 Å². The lowest BCUT2D eigenvalue weighted by molar-refractivity contribution is -0.269. The fraction of sp³-hybridized carbons (Fsp3) is 0.176. The highest BCUT2D eigenvalue weighted by atomic mass is 35.5. The molecular weight excluding hydrogens is 376 g/mol. The van der Waals surface area contributed by atoms with Crippen molar-refractivity contribution < 1.29 is 18.0 Å². The van der Waals surface area contributed by atoms with Crippen LogP contribution in [-0.4, -0.2) is 13.2 Å². The minimum Gasteiger partial charge on any atom is -0.388 e. The van der Waals surface area contributed by atoms with Crippen LogP contribution < -0.4 is 10.8 Å². The van der Waals surface area contributed by atoms with Crippen molar-refractivity contribution in [1.82, 2.24) is 5.48 Å². The summed E-state index contributed by atoms with van der Waals surface area (Å²) in [7, 11) is 1.72. The topological polar surface area (TPSA) is 33.3 Å². The van der Waals surface area contributed by atoms with E-state index in [1.54, 1.807) is 31.3 Å². The summed E-state index contributed by atoms with van der Waals surface area (Å²) in [5.74, 6) is 0. The van der Waals surface area contributed by atoms with Crippen LogP contribution >= 0.6 is 23.2 Å². The van der Waals surface area contributed by atoms with Crippen LogP contribution in [0.3, 0.4) is 0 Å². The van der Waals surface area contributed by atoms with Gasteiger partial charge in [-0.15, -0.1) is 0 Å². The molecule has 0 fully saturated rings.